The number of aldehydes is 1. The maximum absolute atomic E-state index is 10.3. The molecule has 0 saturated carbocycles. The molecule has 76 valence electrons. The Morgan fingerprint density at radius 2 is 2.20 bits per heavy atom. The summed E-state index contributed by atoms with van der Waals surface area (Å²) < 4.78 is 1.71. The van der Waals surface area contributed by atoms with E-state index in [1.807, 2.05) is 24.3 Å². The molecule has 0 amide bonds. The minimum atomic E-state index is 0.533. The first-order valence-electron chi connectivity index (χ1n) is 4.78. The molecular weight excluding hydrogens is 190 g/mol. The van der Waals surface area contributed by atoms with Crippen LogP contribution in [0.2, 0.25) is 0 Å². The van der Waals surface area contributed by atoms with Crippen molar-refractivity contribution in [2.75, 3.05) is 0 Å². The Balaban J connectivity index is 2.34. The highest BCUT2D eigenvalue weighted by Gasteiger charge is 2.03. The monoisotopic (exact) mass is 201 g/mol. The van der Waals surface area contributed by atoms with Crippen LogP contribution in [0.5, 0.6) is 0 Å². The van der Waals surface area contributed by atoms with E-state index in [2.05, 4.69) is 10.1 Å². The molecule has 1 aromatic heterocycles. The highest BCUT2D eigenvalue weighted by atomic mass is 16.1. The van der Waals surface area contributed by atoms with Crippen molar-refractivity contribution >= 4 is 6.29 Å². The predicted octanol–water partition coefficient (Wildman–Crippen LogP) is 1.40. The van der Waals surface area contributed by atoms with Crippen molar-refractivity contribution in [2.45, 2.75) is 12.8 Å². The molecule has 2 aromatic rings. The molecule has 2 rings (SSSR count). The van der Waals surface area contributed by atoms with E-state index in [-0.39, 0.29) is 0 Å². The van der Waals surface area contributed by atoms with Crippen LogP contribution in [0.4, 0.5) is 0 Å². The van der Waals surface area contributed by atoms with Gasteiger partial charge < -0.3 is 4.79 Å². The third kappa shape index (κ3) is 2.10. The van der Waals surface area contributed by atoms with Gasteiger partial charge in [0, 0.05) is 6.42 Å². The van der Waals surface area contributed by atoms with Crippen LogP contribution in [-0.4, -0.2) is 21.1 Å². The lowest BCUT2D eigenvalue weighted by molar-refractivity contribution is -0.107. The SMILES string of the molecule is O=CCCc1ccccc1-n1cncn1. The Morgan fingerprint density at radius 3 is 2.93 bits per heavy atom. The van der Waals surface area contributed by atoms with Crippen LogP contribution in [-0.2, 0) is 11.2 Å². The fourth-order valence-electron chi connectivity index (χ4n) is 1.49. The van der Waals surface area contributed by atoms with Crippen molar-refractivity contribution in [1.82, 2.24) is 14.8 Å². The summed E-state index contributed by atoms with van der Waals surface area (Å²) in [6.45, 7) is 0. The van der Waals surface area contributed by atoms with E-state index in [9.17, 15) is 4.79 Å². The zero-order chi connectivity index (χ0) is 10.5. The van der Waals surface area contributed by atoms with Crippen molar-refractivity contribution in [3.05, 3.63) is 42.5 Å². The van der Waals surface area contributed by atoms with Crippen LogP contribution in [0.15, 0.2) is 36.9 Å². The van der Waals surface area contributed by atoms with Gasteiger partial charge in [-0.3, -0.25) is 0 Å². The van der Waals surface area contributed by atoms with E-state index in [1.54, 1.807) is 11.0 Å². The van der Waals surface area contributed by atoms with Gasteiger partial charge in [0.25, 0.3) is 0 Å². The first kappa shape index (κ1) is 9.58. The number of nitrogens with zero attached hydrogens (tertiary/aromatic N) is 3. The van der Waals surface area contributed by atoms with Gasteiger partial charge in [-0.2, -0.15) is 5.10 Å². The van der Waals surface area contributed by atoms with Crippen molar-refractivity contribution in [3.63, 3.8) is 0 Å². The molecule has 0 atom stereocenters. The summed E-state index contributed by atoms with van der Waals surface area (Å²) in [5, 5.41) is 4.07. The zero-order valence-corrected chi connectivity index (χ0v) is 8.21. The number of carbonyl (C=O) groups is 1. The van der Waals surface area contributed by atoms with Gasteiger partial charge in [-0.05, 0) is 18.1 Å². The predicted molar refractivity (Wildman–Crippen MR) is 55.7 cm³/mol. The topological polar surface area (TPSA) is 47.8 Å². The van der Waals surface area contributed by atoms with Gasteiger partial charge in [-0.1, -0.05) is 18.2 Å². The van der Waals surface area contributed by atoms with Gasteiger partial charge >= 0.3 is 0 Å². The van der Waals surface area contributed by atoms with E-state index in [4.69, 9.17) is 0 Å². The molecule has 0 bridgehead atoms. The van der Waals surface area contributed by atoms with E-state index < -0.39 is 0 Å². The Hall–Kier alpha value is -1.97. The minimum absolute atomic E-state index is 0.533. The molecule has 4 heteroatoms. The van der Waals surface area contributed by atoms with Crippen LogP contribution < -0.4 is 0 Å². The lowest BCUT2D eigenvalue weighted by atomic mass is 10.1. The summed E-state index contributed by atoms with van der Waals surface area (Å²) in [5.74, 6) is 0. The highest BCUT2D eigenvalue weighted by Crippen LogP contribution is 2.14. The molecule has 0 saturated heterocycles. The van der Waals surface area contributed by atoms with Gasteiger partial charge in [0.15, 0.2) is 0 Å². The Morgan fingerprint density at radius 1 is 1.33 bits per heavy atom. The van der Waals surface area contributed by atoms with E-state index >= 15 is 0 Å². The zero-order valence-electron chi connectivity index (χ0n) is 8.21. The molecule has 0 aliphatic heterocycles. The van der Waals surface area contributed by atoms with Crippen molar-refractivity contribution in [1.29, 1.82) is 0 Å². The van der Waals surface area contributed by atoms with Gasteiger partial charge in [-0.15, -0.1) is 0 Å². The first-order chi connectivity index (χ1) is 7.42. The average Bonchev–Trinajstić information content (AvgIpc) is 2.80. The van der Waals surface area contributed by atoms with Gasteiger partial charge in [0.1, 0.15) is 18.9 Å². The number of carbonyl (C=O) groups excluding carboxylic acids is 1. The molecule has 0 radical (unpaired) electrons. The number of para-hydroxylation sites is 1. The smallest absolute Gasteiger partial charge is 0.138 e. The van der Waals surface area contributed by atoms with Crippen molar-refractivity contribution in [2.24, 2.45) is 0 Å². The van der Waals surface area contributed by atoms with E-state index in [1.165, 1.54) is 6.33 Å². The van der Waals surface area contributed by atoms with Crippen molar-refractivity contribution in [3.8, 4) is 5.69 Å². The Bertz CT molecular complexity index is 437. The first-order valence-corrected chi connectivity index (χ1v) is 4.78. The molecule has 0 spiro atoms. The number of hydrogen-bond donors (Lipinski definition) is 0. The maximum Gasteiger partial charge on any atom is 0.138 e. The fraction of sp³-hybridized carbons (Fsp3) is 0.182. The maximum atomic E-state index is 10.3. The normalized spacial score (nSPS) is 10.1. The summed E-state index contributed by atoms with van der Waals surface area (Å²) >= 11 is 0. The van der Waals surface area contributed by atoms with Crippen LogP contribution in [0, 0.1) is 0 Å². The van der Waals surface area contributed by atoms with Crippen LogP contribution in [0.25, 0.3) is 5.69 Å². The second kappa shape index (κ2) is 4.50. The summed E-state index contributed by atoms with van der Waals surface area (Å²) in [4.78, 5) is 14.2. The van der Waals surface area contributed by atoms with Gasteiger partial charge in [0.2, 0.25) is 0 Å². The van der Waals surface area contributed by atoms with Gasteiger partial charge in [0.05, 0.1) is 5.69 Å². The molecule has 0 N–H and O–H groups in total. The van der Waals surface area contributed by atoms with E-state index in [0.717, 1.165) is 24.0 Å². The van der Waals surface area contributed by atoms with Crippen LogP contribution >= 0.6 is 0 Å². The third-order valence-electron chi connectivity index (χ3n) is 2.19. The quantitative estimate of drug-likeness (QED) is 0.702. The number of aryl methyl sites for hydroxylation is 1. The molecule has 4 nitrogen and oxygen atoms in total. The lowest BCUT2D eigenvalue weighted by Gasteiger charge is -2.06. The summed E-state index contributed by atoms with van der Waals surface area (Å²) in [7, 11) is 0. The number of aromatic nitrogens is 3. The number of hydrogen-bond acceptors (Lipinski definition) is 3. The second-order valence-electron chi connectivity index (χ2n) is 3.17. The Labute approximate surface area is 87.6 Å². The third-order valence-corrected chi connectivity index (χ3v) is 2.19. The van der Waals surface area contributed by atoms with E-state index in [0.29, 0.717) is 6.42 Å². The standard InChI is InChI=1S/C11H11N3O/c15-7-3-5-10-4-1-2-6-11(10)14-9-12-8-13-14/h1-2,4,6-9H,3,5H2. The molecule has 0 unspecified atom stereocenters. The highest BCUT2D eigenvalue weighted by molar-refractivity contribution is 5.51. The molecule has 1 heterocycles. The molecule has 0 aliphatic carbocycles. The summed E-state index contributed by atoms with van der Waals surface area (Å²) in [5.41, 5.74) is 2.09. The molecule has 15 heavy (non-hydrogen) atoms. The summed E-state index contributed by atoms with van der Waals surface area (Å²) in [6, 6.07) is 7.87. The molecular formula is C11H11N3O. The van der Waals surface area contributed by atoms with Crippen LogP contribution in [0.1, 0.15) is 12.0 Å². The minimum Gasteiger partial charge on any atom is -0.303 e. The molecule has 0 aliphatic rings. The average molecular weight is 201 g/mol. The number of rotatable bonds is 4. The lowest BCUT2D eigenvalue weighted by Crippen LogP contribution is -2.00. The Kier molecular flexibility index (Phi) is 2.88. The number of benzene rings is 1. The second-order valence-corrected chi connectivity index (χ2v) is 3.17. The molecule has 1 aromatic carbocycles. The summed E-state index contributed by atoms with van der Waals surface area (Å²) in [6.07, 6.45) is 5.35. The van der Waals surface area contributed by atoms with Crippen LogP contribution in [0.3, 0.4) is 0 Å². The molecule has 0 fully saturated rings. The van der Waals surface area contributed by atoms with Gasteiger partial charge in [-0.25, -0.2) is 9.67 Å². The largest absolute Gasteiger partial charge is 0.303 e. The fourth-order valence-corrected chi connectivity index (χ4v) is 1.49. The van der Waals surface area contributed by atoms with Crippen molar-refractivity contribution < 1.29 is 4.79 Å².